The van der Waals surface area contributed by atoms with E-state index in [2.05, 4.69) is 53.2 Å². The molecule has 0 radical (unpaired) electrons. The van der Waals surface area contributed by atoms with Crippen molar-refractivity contribution in [3.05, 3.63) is 70.2 Å². The number of oxazole rings is 1. The van der Waals surface area contributed by atoms with Crippen molar-refractivity contribution in [1.29, 1.82) is 0 Å². The molecule has 0 amide bonds. The maximum Gasteiger partial charge on any atom is 0.417 e. The molecule has 0 bridgehead atoms. The number of H-pyrrole nitrogens is 1. The number of likely N-dealkylation sites (tertiary alicyclic amines) is 1. The van der Waals surface area contributed by atoms with Crippen LogP contribution in [0.5, 0.6) is 0 Å². The molecule has 1 aliphatic heterocycles. The first kappa shape index (κ1) is 33.5. The van der Waals surface area contributed by atoms with Gasteiger partial charge in [0, 0.05) is 13.2 Å². The Kier molecular flexibility index (Phi) is 12.0. The van der Waals surface area contributed by atoms with Crippen molar-refractivity contribution < 1.29 is 44.0 Å². The van der Waals surface area contributed by atoms with E-state index in [1.807, 2.05) is 12.1 Å². The van der Waals surface area contributed by atoms with E-state index in [9.17, 15) is 19.2 Å². The zero-order valence-corrected chi connectivity index (χ0v) is 24.3. The van der Waals surface area contributed by atoms with Gasteiger partial charge in [0.15, 0.2) is 11.2 Å². The number of fused-ring (bicyclic) bond motifs is 1. The summed E-state index contributed by atoms with van der Waals surface area (Å²) < 4.78 is 11.1. The average molecular weight is 601 g/mol. The number of aryl methyl sites for hydroxylation is 1. The highest BCUT2D eigenvalue weighted by molar-refractivity contribution is 5.88. The number of piperidine rings is 1. The second-order valence-corrected chi connectivity index (χ2v) is 11.0. The summed E-state index contributed by atoms with van der Waals surface area (Å²) in [6.45, 7) is 7.00. The van der Waals surface area contributed by atoms with Gasteiger partial charge in [0.25, 0.3) is 0 Å². The van der Waals surface area contributed by atoms with Gasteiger partial charge in [-0.2, -0.15) is 0 Å². The van der Waals surface area contributed by atoms with Crippen LogP contribution in [0.4, 0.5) is 0 Å². The highest BCUT2D eigenvalue weighted by atomic mass is 16.5. The van der Waals surface area contributed by atoms with Crippen LogP contribution in [-0.4, -0.2) is 86.7 Å². The number of carboxylic acid groups (broad SMARTS) is 3. The summed E-state index contributed by atoms with van der Waals surface area (Å²) in [5, 5.41) is 33.8. The number of rotatable bonds is 14. The molecule has 3 aromatic rings. The highest BCUT2D eigenvalue weighted by Gasteiger charge is 2.40. The van der Waals surface area contributed by atoms with Gasteiger partial charge >= 0.3 is 23.7 Å². The topological polar surface area (TPSA) is 191 Å². The minimum absolute atomic E-state index is 0.287. The van der Waals surface area contributed by atoms with Gasteiger partial charge in [0.05, 0.1) is 25.0 Å². The van der Waals surface area contributed by atoms with Crippen LogP contribution in [0, 0.1) is 5.41 Å². The minimum atomic E-state index is -2.74. The first-order valence-corrected chi connectivity index (χ1v) is 14.3. The quantitative estimate of drug-likeness (QED) is 0.183. The molecule has 234 valence electrons. The summed E-state index contributed by atoms with van der Waals surface area (Å²) in [4.78, 5) is 47.1. The molecule has 12 heteroatoms. The summed E-state index contributed by atoms with van der Waals surface area (Å²) in [5.74, 6) is -5.41. The van der Waals surface area contributed by atoms with Crippen LogP contribution in [-0.2, 0) is 32.0 Å². The Morgan fingerprint density at radius 1 is 0.977 bits per heavy atom. The SMILES string of the molecule is CCOCC1(CCc2ccccc2)CCN(CCc2ccc3[nH]c(=O)oc3c2)CC1.O=C(O)CC(O)(CC(=O)O)C(=O)O. The van der Waals surface area contributed by atoms with Crippen LogP contribution in [0.1, 0.15) is 50.2 Å². The number of hydrogen-bond acceptors (Lipinski definition) is 8. The third-order valence-corrected chi connectivity index (χ3v) is 7.80. The number of aromatic nitrogens is 1. The number of carboxylic acids is 3. The number of benzene rings is 2. The van der Waals surface area contributed by atoms with E-state index < -0.39 is 36.4 Å². The Bertz CT molecular complexity index is 1390. The highest BCUT2D eigenvalue weighted by Crippen LogP contribution is 2.37. The molecule has 4 rings (SSSR count). The number of hydrogen-bond donors (Lipinski definition) is 5. The van der Waals surface area contributed by atoms with Crippen molar-refractivity contribution in [2.45, 2.75) is 57.5 Å². The largest absolute Gasteiger partial charge is 0.481 e. The second-order valence-electron chi connectivity index (χ2n) is 11.0. The molecule has 1 aliphatic rings. The molecule has 1 aromatic heterocycles. The lowest BCUT2D eigenvalue weighted by atomic mass is 9.74. The van der Waals surface area contributed by atoms with Crippen molar-refractivity contribution in [2.24, 2.45) is 5.41 Å². The summed E-state index contributed by atoms with van der Waals surface area (Å²) >= 11 is 0. The lowest BCUT2D eigenvalue weighted by Gasteiger charge is -2.42. The maximum absolute atomic E-state index is 11.3. The van der Waals surface area contributed by atoms with Crippen LogP contribution in [0.2, 0.25) is 0 Å². The van der Waals surface area contributed by atoms with E-state index in [0.717, 1.165) is 51.2 Å². The average Bonchev–Trinajstić information content (AvgIpc) is 3.34. The Morgan fingerprint density at radius 3 is 2.21 bits per heavy atom. The number of carbonyl (C=O) groups is 3. The summed E-state index contributed by atoms with van der Waals surface area (Å²) in [7, 11) is 0. The first-order valence-electron chi connectivity index (χ1n) is 14.3. The lowest BCUT2D eigenvalue weighted by molar-refractivity contribution is -0.170. The van der Waals surface area contributed by atoms with Crippen molar-refractivity contribution >= 4 is 29.0 Å². The normalized spacial score (nSPS) is 15.0. The number of aliphatic carboxylic acids is 3. The molecule has 12 nitrogen and oxygen atoms in total. The van der Waals surface area contributed by atoms with Gasteiger partial charge in [-0.3, -0.25) is 14.6 Å². The van der Waals surface area contributed by atoms with E-state index in [1.54, 1.807) is 0 Å². The summed E-state index contributed by atoms with van der Waals surface area (Å²) in [6.07, 6.45) is 3.36. The van der Waals surface area contributed by atoms with Crippen molar-refractivity contribution in [1.82, 2.24) is 9.88 Å². The van der Waals surface area contributed by atoms with E-state index in [0.29, 0.717) is 5.58 Å². The molecule has 5 N–H and O–H groups in total. The first-order chi connectivity index (χ1) is 20.4. The summed E-state index contributed by atoms with van der Waals surface area (Å²) in [5.41, 5.74) is 1.59. The van der Waals surface area contributed by atoms with Crippen LogP contribution < -0.4 is 5.76 Å². The molecule has 0 unspecified atom stereocenters. The van der Waals surface area contributed by atoms with E-state index >= 15 is 0 Å². The lowest BCUT2D eigenvalue weighted by Crippen LogP contribution is -2.43. The molecule has 0 atom stereocenters. The van der Waals surface area contributed by atoms with E-state index in [-0.39, 0.29) is 11.2 Å². The molecule has 1 fully saturated rings. The Hall–Kier alpha value is -4.00. The van der Waals surface area contributed by atoms with Gasteiger partial charge < -0.3 is 34.5 Å². The molecule has 2 heterocycles. The second kappa shape index (κ2) is 15.5. The third kappa shape index (κ3) is 10.3. The maximum atomic E-state index is 11.3. The van der Waals surface area contributed by atoms with Crippen LogP contribution >= 0.6 is 0 Å². The smallest absolute Gasteiger partial charge is 0.417 e. The molecule has 0 aliphatic carbocycles. The van der Waals surface area contributed by atoms with Crippen molar-refractivity contribution in [2.75, 3.05) is 32.8 Å². The Labute approximate surface area is 248 Å². The fourth-order valence-corrected chi connectivity index (χ4v) is 5.24. The van der Waals surface area contributed by atoms with Gasteiger partial charge in [-0.15, -0.1) is 0 Å². The summed E-state index contributed by atoms with van der Waals surface area (Å²) in [6, 6.07) is 16.8. The number of nitrogens with zero attached hydrogens (tertiary/aromatic N) is 1. The monoisotopic (exact) mass is 600 g/mol. The molecule has 2 aromatic carbocycles. The van der Waals surface area contributed by atoms with Gasteiger partial charge in [0.2, 0.25) is 0 Å². The van der Waals surface area contributed by atoms with Crippen LogP contribution in [0.15, 0.2) is 57.7 Å². The van der Waals surface area contributed by atoms with Crippen LogP contribution in [0.25, 0.3) is 11.1 Å². The number of ether oxygens (including phenoxy) is 1. The zero-order valence-electron chi connectivity index (χ0n) is 24.3. The Morgan fingerprint density at radius 2 is 1.63 bits per heavy atom. The van der Waals surface area contributed by atoms with E-state index in [4.69, 9.17) is 29.6 Å². The van der Waals surface area contributed by atoms with Crippen molar-refractivity contribution in [3.8, 4) is 0 Å². The fraction of sp³-hybridized carbons (Fsp3) is 0.484. The standard InChI is InChI=1S/C25H32N2O3.C6H8O7/c1-2-29-19-25(12-10-20-6-4-3-5-7-20)13-16-27(17-14-25)15-11-21-8-9-22-23(18-21)30-24(28)26-22;7-3(8)1-6(13,5(11)12)2-4(9)10/h3-9,18H,2,10-17,19H2,1H3,(H,26,28);13H,1-2H2,(H,7,8)(H,9,10)(H,11,12). The van der Waals surface area contributed by atoms with Gasteiger partial charge in [0.1, 0.15) is 0 Å². The zero-order chi connectivity index (χ0) is 31.5. The van der Waals surface area contributed by atoms with Gasteiger partial charge in [-0.25, -0.2) is 9.59 Å². The van der Waals surface area contributed by atoms with Crippen LogP contribution in [0.3, 0.4) is 0 Å². The van der Waals surface area contributed by atoms with Gasteiger partial charge in [-0.1, -0.05) is 36.4 Å². The molecular formula is C31H40N2O10. The fourth-order valence-electron chi connectivity index (χ4n) is 5.24. The predicted octanol–water partition coefficient (Wildman–Crippen LogP) is 3.17. The molecule has 1 saturated heterocycles. The molecule has 0 spiro atoms. The minimum Gasteiger partial charge on any atom is -0.481 e. The molecular weight excluding hydrogens is 560 g/mol. The number of nitrogens with one attached hydrogen (secondary N) is 1. The van der Waals surface area contributed by atoms with Crippen molar-refractivity contribution in [3.63, 3.8) is 0 Å². The molecule has 43 heavy (non-hydrogen) atoms. The van der Waals surface area contributed by atoms with E-state index in [1.165, 1.54) is 30.4 Å². The third-order valence-electron chi connectivity index (χ3n) is 7.80. The molecule has 0 saturated carbocycles. The Balaban J connectivity index is 0.000000331. The number of aliphatic hydroxyl groups is 1. The van der Waals surface area contributed by atoms with Gasteiger partial charge in [-0.05, 0) is 80.8 Å². The predicted molar refractivity (Wildman–Crippen MR) is 157 cm³/mol. The number of aromatic amines is 1.